The van der Waals surface area contributed by atoms with Gasteiger partial charge in [0.05, 0.1) is 40.8 Å². The normalized spacial score (nSPS) is 11.4. The molecule has 0 atom stereocenters. The molecule has 34 heavy (non-hydrogen) atoms. The van der Waals surface area contributed by atoms with Gasteiger partial charge in [-0.05, 0) is 18.2 Å². The molecule has 4 aromatic rings. The minimum atomic E-state index is -4.42. The number of methoxy groups -OCH3 is 1. The van der Waals surface area contributed by atoms with Crippen molar-refractivity contribution in [3.05, 3.63) is 65.5 Å². The molecule has 14 heteroatoms. The SMILES string of the molecule is CNC(=O)c1ncn2cc(-c3c(F)ccc(NS(=O)(=O)c4cc(Cl)cnc4OC)c3F)ncc12. The molecular formula is C20H15ClF2N6O4S. The summed E-state index contributed by atoms with van der Waals surface area (Å²) < 4.78 is 64.1. The largest absolute Gasteiger partial charge is 0.480 e. The number of rotatable bonds is 6. The second-order valence-electron chi connectivity index (χ2n) is 6.79. The summed E-state index contributed by atoms with van der Waals surface area (Å²) >= 11 is 5.84. The predicted octanol–water partition coefficient (Wildman–Crippen LogP) is 2.89. The maximum Gasteiger partial charge on any atom is 0.271 e. The molecule has 0 saturated heterocycles. The van der Waals surface area contributed by atoms with Gasteiger partial charge < -0.3 is 14.5 Å². The van der Waals surface area contributed by atoms with E-state index in [2.05, 4.69) is 25.0 Å². The zero-order valence-electron chi connectivity index (χ0n) is 17.5. The molecule has 0 spiro atoms. The number of nitrogens with zero attached hydrogens (tertiary/aromatic N) is 4. The number of aromatic nitrogens is 4. The van der Waals surface area contributed by atoms with Crippen LogP contribution in [0.4, 0.5) is 14.5 Å². The molecule has 0 aliphatic carbocycles. The zero-order chi connectivity index (χ0) is 24.6. The molecule has 0 aliphatic heterocycles. The Hall–Kier alpha value is -3.84. The fraction of sp³-hybridized carbons (Fsp3) is 0.100. The van der Waals surface area contributed by atoms with Gasteiger partial charge in [0.15, 0.2) is 16.4 Å². The molecule has 3 heterocycles. The lowest BCUT2D eigenvalue weighted by Crippen LogP contribution is -2.18. The number of fused-ring (bicyclic) bond motifs is 1. The summed E-state index contributed by atoms with van der Waals surface area (Å²) in [6.45, 7) is 0. The van der Waals surface area contributed by atoms with E-state index in [9.17, 15) is 17.6 Å². The standard InChI is InChI=1S/C20H15ClF2N6O4S/c1-24-19(30)18-14-7-25-13(8-29(14)9-27-18)16-11(22)3-4-12(17(16)23)28-34(31,32)15-5-10(21)6-26-20(15)33-2/h3-9,28H,1-2H3,(H,24,30). The Balaban J connectivity index is 1.78. The van der Waals surface area contributed by atoms with Crippen molar-refractivity contribution in [2.24, 2.45) is 0 Å². The lowest BCUT2D eigenvalue weighted by Gasteiger charge is -2.14. The minimum Gasteiger partial charge on any atom is -0.480 e. The van der Waals surface area contributed by atoms with Gasteiger partial charge in [-0.2, -0.15) is 0 Å². The van der Waals surface area contributed by atoms with E-state index < -0.39 is 43.7 Å². The van der Waals surface area contributed by atoms with Crippen LogP contribution in [0.5, 0.6) is 5.88 Å². The fourth-order valence-electron chi connectivity index (χ4n) is 3.14. The maximum absolute atomic E-state index is 15.3. The molecule has 2 N–H and O–H groups in total. The first kappa shape index (κ1) is 23.3. The molecule has 0 radical (unpaired) electrons. The van der Waals surface area contributed by atoms with Crippen molar-refractivity contribution in [3.8, 4) is 17.1 Å². The quantitative estimate of drug-likeness (QED) is 0.410. The van der Waals surface area contributed by atoms with E-state index >= 15 is 4.39 Å². The van der Waals surface area contributed by atoms with Crippen LogP contribution in [0.2, 0.25) is 5.02 Å². The lowest BCUT2D eigenvalue weighted by molar-refractivity contribution is 0.0960. The minimum absolute atomic E-state index is 0.00963. The molecule has 0 bridgehead atoms. The van der Waals surface area contributed by atoms with Crippen LogP contribution in [0.25, 0.3) is 16.8 Å². The van der Waals surface area contributed by atoms with E-state index in [0.29, 0.717) is 5.52 Å². The van der Waals surface area contributed by atoms with Crippen LogP contribution < -0.4 is 14.8 Å². The van der Waals surface area contributed by atoms with Gasteiger partial charge in [-0.25, -0.2) is 27.2 Å². The third-order valence-corrected chi connectivity index (χ3v) is 6.29. The highest BCUT2D eigenvalue weighted by Gasteiger charge is 2.25. The third kappa shape index (κ3) is 4.10. The molecule has 1 amide bonds. The first-order valence-corrected chi connectivity index (χ1v) is 11.3. The summed E-state index contributed by atoms with van der Waals surface area (Å²) in [6, 6.07) is 2.89. The van der Waals surface area contributed by atoms with Gasteiger partial charge in [0.25, 0.3) is 15.9 Å². The van der Waals surface area contributed by atoms with E-state index in [1.54, 1.807) is 0 Å². The van der Waals surface area contributed by atoms with E-state index in [4.69, 9.17) is 16.3 Å². The summed E-state index contributed by atoms with van der Waals surface area (Å²) in [4.78, 5) is 23.2. The average molecular weight is 509 g/mol. The zero-order valence-corrected chi connectivity index (χ0v) is 19.1. The van der Waals surface area contributed by atoms with Gasteiger partial charge >= 0.3 is 0 Å². The number of hydrogen-bond donors (Lipinski definition) is 2. The van der Waals surface area contributed by atoms with Crippen LogP contribution in [-0.2, 0) is 10.0 Å². The molecule has 4 rings (SSSR count). The molecule has 176 valence electrons. The smallest absolute Gasteiger partial charge is 0.271 e. The number of nitrogens with one attached hydrogen (secondary N) is 2. The number of halogens is 3. The number of amides is 1. The maximum atomic E-state index is 15.3. The number of pyridine rings is 1. The van der Waals surface area contributed by atoms with Crippen LogP contribution in [0.1, 0.15) is 10.5 Å². The highest BCUT2D eigenvalue weighted by Crippen LogP contribution is 2.32. The topological polar surface area (TPSA) is 128 Å². The predicted molar refractivity (Wildman–Crippen MR) is 118 cm³/mol. The van der Waals surface area contributed by atoms with Crippen LogP contribution in [-0.4, -0.2) is 47.8 Å². The molecule has 0 fully saturated rings. The number of carbonyl (C=O) groups is 1. The first-order chi connectivity index (χ1) is 16.2. The summed E-state index contributed by atoms with van der Waals surface area (Å²) in [6.07, 6.45) is 4.96. The highest BCUT2D eigenvalue weighted by molar-refractivity contribution is 7.92. The highest BCUT2D eigenvalue weighted by atomic mass is 35.5. The second kappa shape index (κ2) is 8.83. The van der Waals surface area contributed by atoms with Crippen molar-refractivity contribution in [3.63, 3.8) is 0 Å². The van der Waals surface area contributed by atoms with Crippen molar-refractivity contribution < 1.29 is 26.7 Å². The third-order valence-electron chi connectivity index (χ3n) is 4.72. The number of ether oxygens (including phenoxy) is 1. The fourth-order valence-corrected chi connectivity index (χ4v) is 4.57. The van der Waals surface area contributed by atoms with Crippen LogP contribution in [0, 0.1) is 11.6 Å². The monoisotopic (exact) mass is 508 g/mol. The van der Waals surface area contributed by atoms with Crippen molar-refractivity contribution in [2.45, 2.75) is 4.90 Å². The van der Waals surface area contributed by atoms with Gasteiger partial charge in [0, 0.05) is 19.4 Å². The number of sulfonamides is 1. The molecule has 1 aromatic carbocycles. The van der Waals surface area contributed by atoms with Crippen molar-refractivity contribution in [1.82, 2.24) is 24.7 Å². The lowest BCUT2D eigenvalue weighted by atomic mass is 10.1. The van der Waals surface area contributed by atoms with E-state index in [-0.39, 0.29) is 22.3 Å². The summed E-state index contributed by atoms with van der Waals surface area (Å²) in [5.41, 5.74) is -0.911. The Kier molecular flexibility index (Phi) is 6.06. The van der Waals surface area contributed by atoms with E-state index in [1.807, 2.05) is 0 Å². The number of anilines is 1. The number of carbonyl (C=O) groups excluding carboxylic acids is 1. The van der Waals surface area contributed by atoms with Crippen LogP contribution >= 0.6 is 11.6 Å². The van der Waals surface area contributed by atoms with Gasteiger partial charge in [-0.1, -0.05) is 11.6 Å². The summed E-state index contributed by atoms with van der Waals surface area (Å²) in [5, 5.41) is 2.44. The Bertz CT molecular complexity index is 1540. The Morgan fingerprint density at radius 2 is 1.94 bits per heavy atom. The average Bonchev–Trinajstić information content (AvgIpc) is 3.24. The van der Waals surface area contributed by atoms with Gasteiger partial charge in [-0.3, -0.25) is 14.5 Å². The first-order valence-electron chi connectivity index (χ1n) is 9.41. The van der Waals surface area contributed by atoms with E-state index in [1.165, 1.54) is 43.5 Å². The molecule has 0 unspecified atom stereocenters. The van der Waals surface area contributed by atoms with Crippen molar-refractivity contribution >= 4 is 38.7 Å². The van der Waals surface area contributed by atoms with Gasteiger partial charge in [-0.15, -0.1) is 0 Å². The molecule has 3 aromatic heterocycles. The van der Waals surface area contributed by atoms with Gasteiger partial charge in [0.2, 0.25) is 5.88 Å². The Labute approximate surface area is 196 Å². The Morgan fingerprint density at radius 3 is 2.65 bits per heavy atom. The number of imidazole rings is 1. The van der Waals surface area contributed by atoms with Crippen molar-refractivity contribution in [2.75, 3.05) is 18.9 Å². The Morgan fingerprint density at radius 1 is 1.18 bits per heavy atom. The van der Waals surface area contributed by atoms with Crippen molar-refractivity contribution in [1.29, 1.82) is 0 Å². The number of hydrogen-bond acceptors (Lipinski definition) is 7. The van der Waals surface area contributed by atoms with Crippen LogP contribution in [0.15, 0.2) is 48.0 Å². The number of benzene rings is 1. The molecule has 0 saturated carbocycles. The summed E-state index contributed by atoms with van der Waals surface area (Å²) in [5.74, 6) is -2.92. The second-order valence-corrected chi connectivity index (χ2v) is 8.87. The van der Waals surface area contributed by atoms with E-state index in [0.717, 1.165) is 18.2 Å². The summed E-state index contributed by atoms with van der Waals surface area (Å²) in [7, 11) is -1.78. The van der Waals surface area contributed by atoms with Crippen LogP contribution in [0.3, 0.4) is 0 Å². The molecule has 10 nitrogen and oxygen atoms in total. The molecular weight excluding hydrogens is 494 g/mol. The molecule has 0 aliphatic rings. The van der Waals surface area contributed by atoms with Gasteiger partial charge in [0.1, 0.15) is 12.1 Å².